The van der Waals surface area contributed by atoms with Crippen molar-refractivity contribution in [3.05, 3.63) is 54.1 Å². The zero-order chi connectivity index (χ0) is 22.3. The molecule has 0 radical (unpaired) electrons. The molecule has 2 aromatic carbocycles. The molecule has 2 atom stereocenters. The van der Waals surface area contributed by atoms with Gasteiger partial charge in [-0.15, -0.1) is 11.8 Å². The summed E-state index contributed by atoms with van der Waals surface area (Å²) in [5, 5.41) is -0.305. The van der Waals surface area contributed by atoms with E-state index in [4.69, 9.17) is 4.74 Å². The second-order valence-corrected chi connectivity index (χ2v) is 10.3. The Morgan fingerprint density at radius 2 is 1.78 bits per heavy atom. The lowest BCUT2D eigenvalue weighted by molar-refractivity contribution is -0.903. The molecule has 2 saturated heterocycles. The Labute approximate surface area is 193 Å². The van der Waals surface area contributed by atoms with Gasteiger partial charge in [-0.2, -0.15) is 0 Å². The Morgan fingerprint density at radius 1 is 1.06 bits per heavy atom. The summed E-state index contributed by atoms with van der Waals surface area (Å²) in [6.45, 7) is 7.25. The molecule has 1 N–H and O–H groups in total. The standard InChI is InChI=1S/C25H29N3O3S/c1-3-31-20-13-11-19(12-14-20)28-23(29)18(2)32-25(28)21-9-5-6-10-22(21)27(24(25)30)17-26-15-7-4-8-16-26/h5-6,9-14,18H,3-4,7-8,15-17H2,1-2H3/p+1/t18-,25-/m0/s1. The van der Waals surface area contributed by atoms with Crippen LogP contribution in [0.3, 0.4) is 0 Å². The molecule has 168 valence electrons. The van der Waals surface area contributed by atoms with Gasteiger partial charge in [0.05, 0.1) is 30.6 Å². The Kier molecular flexibility index (Phi) is 5.63. The summed E-state index contributed by atoms with van der Waals surface area (Å²) in [4.78, 5) is 31.6. The van der Waals surface area contributed by atoms with Crippen LogP contribution in [-0.2, 0) is 14.5 Å². The Hall–Kier alpha value is -2.51. The molecule has 0 saturated carbocycles. The first-order valence-electron chi connectivity index (χ1n) is 11.6. The average Bonchev–Trinajstić information content (AvgIpc) is 3.21. The van der Waals surface area contributed by atoms with Crippen LogP contribution >= 0.6 is 11.8 Å². The van der Waals surface area contributed by atoms with Gasteiger partial charge in [-0.25, -0.2) is 0 Å². The van der Waals surface area contributed by atoms with E-state index in [1.807, 2.05) is 67.3 Å². The number of ether oxygens (including phenoxy) is 1. The lowest BCUT2D eigenvalue weighted by atomic mass is 10.0. The number of nitrogens with zero attached hydrogens (tertiary/aromatic N) is 2. The Bertz CT molecular complexity index is 1020. The molecule has 2 aromatic rings. The highest BCUT2D eigenvalue weighted by molar-refractivity contribution is 8.03. The van der Waals surface area contributed by atoms with Crippen LogP contribution in [0.4, 0.5) is 11.4 Å². The number of likely N-dealkylation sites (tertiary alicyclic amines) is 1. The van der Waals surface area contributed by atoms with Crippen LogP contribution in [0.5, 0.6) is 5.75 Å². The minimum Gasteiger partial charge on any atom is -0.494 e. The minimum absolute atomic E-state index is 0.00615. The van der Waals surface area contributed by atoms with Gasteiger partial charge in [0.25, 0.3) is 5.91 Å². The quantitative estimate of drug-likeness (QED) is 0.758. The number of anilines is 2. The number of carbonyl (C=O) groups excluding carboxylic acids is 2. The van der Waals surface area contributed by atoms with Crippen LogP contribution in [0, 0.1) is 0 Å². The predicted molar refractivity (Wildman–Crippen MR) is 127 cm³/mol. The van der Waals surface area contributed by atoms with Crippen molar-refractivity contribution < 1.29 is 19.2 Å². The molecule has 3 aliphatic rings. The number of nitrogens with one attached hydrogen (secondary N) is 1. The molecule has 7 heteroatoms. The van der Waals surface area contributed by atoms with Crippen molar-refractivity contribution >= 4 is 35.0 Å². The molecule has 3 heterocycles. The molecule has 2 amide bonds. The monoisotopic (exact) mass is 452 g/mol. The van der Waals surface area contributed by atoms with E-state index in [0.29, 0.717) is 13.3 Å². The molecule has 2 fully saturated rings. The fourth-order valence-corrected chi connectivity index (χ4v) is 6.72. The third kappa shape index (κ3) is 3.30. The summed E-state index contributed by atoms with van der Waals surface area (Å²) < 4.78 is 5.58. The smallest absolute Gasteiger partial charge is 0.273 e. The molecule has 5 rings (SSSR count). The second-order valence-electron chi connectivity index (χ2n) is 8.72. The maximum atomic E-state index is 14.2. The minimum atomic E-state index is -1.06. The molecule has 32 heavy (non-hydrogen) atoms. The first-order valence-corrected chi connectivity index (χ1v) is 12.4. The van der Waals surface area contributed by atoms with Gasteiger partial charge in [0.1, 0.15) is 5.75 Å². The second kappa shape index (κ2) is 8.45. The van der Waals surface area contributed by atoms with Crippen molar-refractivity contribution in [3.8, 4) is 5.75 Å². The van der Waals surface area contributed by atoms with Crippen molar-refractivity contribution in [2.75, 3.05) is 36.2 Å². The van der Waals surface area contributed by atoms with Gasteiger partial charge in [0.15, 0.2) is 6.67 Å². The molecule has 1 spiro atoms. The lowest BCUT2D eigenvalue weighted by Gasteiger charge is -2.34. The van der Waals surface area contributed by atoms with Gasteiger partial charge < -0.3 is 9.64 Å². The number of carbonyl (C=O) groups is 2. The fraction of sp³-hybridized carbons (Fsp3) is 0.440. The summed E-state index contributed by atoms with van der Waals surface area (Å²) in [5.74, 6) is 0.717. The maximum absolute atomic E-state index is 14.2. The summed E-state index contributed by atoms with van der Waals surface area (Å²) in [5.41, 5.74) is 2.57. The van der Waals surface area contributed by atoms with E-state index < -0.39 is 4.87 Å². The van der Waals surface area contributed by atoms with Crippen molar-refractivity contribution in [3.63, 3.8) is 0 Å². The van der Waals surface area contributed by atoms with E-state index in [1.54, 1.807) is 4.90 Å². The van der Waals surface area contributed by atoms with E-state index in [2.05, 4.69) is 0 Å². The molecule has 6 nitrogen and oxygen atoms in total. The van der Waals surface area contributed by atoms with Crippen molar-refractivity contribution in [2.45, 2.75) is 43.2 Å². The molecule has 0 aliphatic carbocycles. The van der Waals surface area contributed by atoms with Crippen LogP contribution in [0.25, 0.3) is 0 Å². The number of quaternary nitrogens is 1. The highest BCUT2D eigenvalue weighted by atomic mass is 32.2. The zero-order valence-electron chi connectivity index (χ0n) is 18.7. The average molecular weight is 453 g/mol. The molecular weight excluding hydrogens is 422 g/mol. The molecular formula is C25H30N3O3S+. The predicted octanol–water partition coefficient (Wildman–Crippen LogP) is 2.78. The van der Waals surface area contributed by atoms with Crippen molar-refractivity contribution in [1.82, 2.24) is 0 Å². The number of benzene rings is 2. The van der Waals surface area contributed by atoms with E-state index in [-0.39, 0.29) is 17.1 Å². The van der Waals surface area contributed by atoms with Crippen LogP contribution in [0.15, 0.2) is 48.5 Å². The van der Waals surface area contributed by atoms with Crippen molar-refractivity contribution in [2.24, 2.45) is 0 Å². The molecule has 3 aliphatic heterocycles. The zero-order valence-corrected chi connectivity index (χ0v) is 19.5. The van der Waals surface area contributed by atoms with Gasteiger partial charge in [-0.05, 0) is 63.4 Å². The maximum Gasteiger partial charge on any atom is 0.273 e. The van der Waals surface area contributed by atoms with Gasteiger partial charge in [-0.1, -0.05) is 18.2 Å². The van der Waals surface area contributed by atoms with E-state index >= 15 is 0 Å². The van der Waals surface area contributed by atoms with Crippen LogP contribution in [0.2, 0.25) is 0 Å². The van der Waals surface area contributed by atoms with Crippen LogP contribution in [0.1, 0.15) is 38.7 Å². The van der Waals surface area contributed by atoms with Crippen LogP contribution < -0.4 is 19.4 Å². The number of para-hydroxylation sites is 1. The molecule has 0 bridgehead atoms. The summed E-state index contributed by atoms with van der Waals surface area (Å²) in [6, 6.07) is 15.5. The first-order chi connectivity index (χ1) is 15.6. The number of rotatable bonds is 5. The van der Waals surface area contributed by atoms with Crippen molar-refractivity contribution in [1.29, 1.82) is 0 Å². The SMILES string of the molecule is CCOc1ccc(N2C(=O)[C@H](C)S[C@@]23C(=O)N(C[NH+]2CCCCC2)c2ccccc23)cc1. The van der Waals surface area contributed by atoms with Gasteiger partial charge in [-0.3, -0.25) is 19.4 Å². The highest BCUT2D eigenvalue weighted by Crippen LogP contribution is 2.57. The number of fused-ring (bicyclic) bond motifs is 2. The largest absolute Gasteiger partial charge is 0.494 e. The Balaban J connectivity index is 1.57. The Morgan fingerprint density at radius 3 is 2.50 bits per heavy atom. The highest BCUT2D eigenvalue weighted by Gasteiger charge is 2.63. The number of hydrogen-bond acceptors (Lipinski definition) is 4. The lowest BCUT2D eigenvalue weighted by Crippen LogP contribution is -3.14. The summed E-state index contributed by atoms with van der Waals surface area (Å²) in [7, 11) is 0. The third-order valence-corrected chi connectivity index (χ3v) is 8.15. The van der Waals surface area contributed by atoms with E-state index in [9.17, 15) is 9.59 Å². The number of amides is 2. The number of hydrogen-bond donors (Lipinski definition) is 1. The van der Waals surface area contributed by atoms with Gasteiger partial charge >= 0.3 is 0 Å². The topological polar surface area (TPSA) is 54.3 Å². The van der Waals surface area contributed by atoms with Gasteiger partial charge in [0.2, 0.25) is 10.8 Å². The normalized spacial score (nSPS) is 25.6. The van der Waals surface area contributed by atoms with E-state index in [1.165, 1.54) is 35.9 Å². The first kappa shape index (κ1) is 21.3. The summed E-state index contributed by atoms with van der Waals surface area (Å²) >= 11 is 1.46. The molecule has 0 unspecified atom stereocenters. The van der Waals surface area contributed by atoms with Gasteiger partial charge in [0, 0.05) is 11.3 Å². The number of piperidine rings is 1. The number of thioether (sulfide) groups is 1. The molecule has 0 aromatic heterocycles. The fourth-order valence-electron chi connectivity index (χ4n) is 5.19. The third-order valence-electron chi connectivity index (χ3n) is 6.67. The van der Waals surface area contributed by atoms with Crippen LogP contribution in [-0.4, -0.2) is 43.4 Å². The summed E-state index contributed by atoms with van der Waals surface area (Å²) in [6.07, 6.45) is 3.67. The van der Waals surface area contributed by atoms with E-state index in [0.717, 1.165) is 35.8 Å².